The molecule has 0 aromatic heterocycles. The summed E-state index contributed by atoms with van der Waals surface area (Å²) in [4.78, 5) is 0. The van der Waals surface area contributed by atoms with Gasteiger partial charge in [-0.25, -0.2) is 5.32 Å². The SMILES string of the molecule is Cc1ccc(C2CC[N]CC2)cc1Cl. The van der Waals surface area contributed by atoms with E-state index in [0.717, 1.165) is 23.7 Å². The van der Waals surface area contributed by atoms with Crippen LogP contribution < -0.4 is 5.32 Å². The lowest BCUT2D eigenvalue weighted by Gasteiger charge is -2.22. The highest BCUT2D eigenvalue weighted by molar-refractivity contribution is 6.31. The van der Waals surface area contributed by atoms with E-state index in [1.54, 1.807) is 0 Å². The molecule has 1 heterocycles. The lowest BCUT2D eigenvalue weighted by Crippen LogP contribution is -2.20. The van der Waals surface area contributed by atoms with Gasteiger partial charge in [0.05, 0.1) is 0 Å². The van der Waals surface area contributed by atoms with E-state index in [1.165, 1.54) is 18.4 Å². The van der Waals surface area contributed by atoms with E-state index in [9.17, 15) is 0 Å². The summed E-state index contributed by atoms with van der Waals surface area (Å²) in [5.74, 6) is 0.672. The van der Waals surface area contributed by atoms with Gasteiger partial charge in [0.1, 0.15) is 0 Å². The van der Waals surface area contributed by atoms with Gasteiger partial charge >= 0.3 is 0 Å². The predicted octanol–water partition coefficient (Wildman–Crippen LogP) is 3.13. The zero-order valence-corrected chi connectivity index (χ0v) is 9.22. The number of piperidine rings is 1. The summed E-state index contributed by atoms with van der Waals surface area (Å²) < 4.78 is 0. The number of aryl methyl sites for hydroxylation is 1. The highest BCUT2D eigenvalue weighted by Gasteiger charge is 2.15. The summed E-state index contributed by atoms with van der Waals surface area (Å²) in [7, 11) is 0. The van der Waals surface area contributed by atoms with Gasteiger partial charge in [-0.3, -0.25) is 0 Å². The smallest absolute Gasteiger partial charge is 0.0438 e. The van der Waals surface area contributed by atoms with Gasteiger partial charge in [0.25, 0.3) is 0 Å². The Morgan fingerprint density at radius 3 is 2.64 bits per heavy atom. The zero-order valence-electron chi connectivity index (χ0n) is 8.46. The average Bonchev–Trinajstić information content (AvgIpc) is 2.23. The molecule has 0 aliphatic carbocycles. The van der Waals surface area contributed by atoms with E-state index >= 15 is 0 Å². The summed E-state index contributed by atoms with van der Waals surface area (Å²) in [5, 5.41) is 5.25. The van der Waals surface area contributed by atoms with Gasteiger partial charge < -0.3 is 0 Å². The van der Waals surface area contributed by atoms with Crippen molar-refractivity contribution in [3.8, 4) is 0 Å². The Bertz CT molecular complexity index is 316. The zero-order chi connectivity index (χ0) is 9.97. The fourth-order valence-corrected chi connectivity index (χ4v) is 2.14. The molecule has 2 heteroatoms. The fraction of sp³-hybridized carbons (Fsp3) is 0.500. The van der Waals surface area contributed by atoms with Gasteiger partial charge in [0.2, 0.25) is 0 Å². The summed E-state index contributed by atoms with van der Waals surface area (Å²) in [6.45, 7) is 4.06. The first-order chi connectivity index (χ1) is 6.77. The highest BCUT2D eigenvalue weighted by Crippen LogP contribution is 2.28. The second kappa shape index (κ2) is 4.33. The Labute approximate surface area is 90.5 Å². The van der Waals surface area contributed by atoms with Crippen molar-refractivity contribution in [1.29, 1.82) is 0 Å². The second-order valence-corrected chi connectivity index (χ2v) is 4.36. The largest absolute Gasteiger partial charge is 0.242 e. The molecule has 0 spiro atoms. The van der Waals surface area contributed by atoms with E-state index in [0.29, 0.717) is 5.92 Å². The number of nitrogens with zero attached hydrogens (tertiary/aromatic N) is 1. The van der Waals surface area contributed by atoms with E-state index in [2.05, 4.69) is 23.5 Å². The molecular weight excluding hydrogens is 194 g/mol. The van der Waals surface area contributed by atoms with Crippen molar-refractivity contribution in [2.45, 2.75) is 25.7 Å². The van der Waals surface area contributed by atoms with Crippen molar-refractivity contribution in [2.24, 2.45) is 0 Å². The third-order valence-corrected chi connectivity index (χ3v) is 3.35. The maximum Gasteiger partial charge on any atom is 0.0438 e. The minimum absolute atomic E-state index is 0.672. The molecule has 1 radical (unpaired) electrons. The number of hydrogen-bond acceptors (Lipinski definition) is 0. The van der Waals surface area contributed by atoms with Crippen molar-refractivity contribution < 1.29 is 0 Å². The molecule has 1 saturated heterocycles. The minimum atomic E-state index is 0.672. The van der Waals surface area contributed by atoms with Crippen LogP contribution in [0.15, 0.2) is 18.2 Å². The first kappa shape index (κ1) is 10.0. The molecule has 1 fully saturated rings. The average molecular weight is 209 g/mol. The number of benzene rings is 1. The Morgan fingerprint density at radius 2 is 2.00 bits per heavy atom. The minimum Gasteiger partial charge on any atom is -0.242 e. The van der Waals surface area contributed by atoms with Crippen molar-refractivity contribution in [3.63, 3.8) is 0 Å². The van der Waals surface area contributed by atoms with Crippen LogP contribution in [0.25, 0.3) is 0 Å². The molecule has 75 valence electrons. The molecule has 0 atom stereocenters. The third kappa shape index (κ3) is 2.10. The first-order valence-corrected chi connectivity index (χ1v) is 5.54. The molecule has 14 heavy (non-hydrogen) atoms. The van der Waals surface area contributed by atoms with Crippen molar-refractivity contribution in [2.75, 3.05) is 13.1 Å². The number of rotatable bonds is 1. The molecule has 1 nitrogen and oxygen atoms in total. The molecule has 1 aromatic rings. The van der Waals surface area contributed by atoms with Gasteiger partial charge in [-0.1, -0.05) is 23.7 Å². The van der Waals surface area contributed by atoms with Crippen molar-refractivity contribution in [1.82, 2.24) is 5.32 Å². The van der Waals surface area contributed by atoms with Crippen LogP contribution in [-0.4, -0.2) is 13.1 Å². The van der Waals surface area contributed by atoms with Gasteiger partial charge in [0.15, 0.2) is 0 Å². The van der Waals surface area contributed by atoms with Crippen LogP contribution in [0.5, 0.6) is 0 Å². The topological polar surface area (TPSA) is 14.1 Å². The van der Waals surface area contributed by atoms with Crippen molar-refractivity contribution >= 4 is 11.6 Å². The van der Waals surface area contributed by atoms with Crippen LogP contribution in [0.1, 0.15) is 29.9 Å². The van der Waals surface area contributed by atoms with E-state index in [-0.39, 0.29) is 0 Å². The van der Waals surface area contributed by atoms with Gasteiger partial charge in [-0.2, -0.15) is 0 Å². The van der Waals surface area contributed by atoms with Crippen LogP contribution in [0.2, 0.25) is 5.02 Å². The molecule has 1 aliphatic heterocycles. The summed E-state index contributed by atoms with van der Waals surface area (Å²) in [6, 6.07) is 6.44. The Hall–Kier alpha value is -0.530. The lowest BCUT2D eigenvalue weighted by atomic mass is 9.90. The summed E-state index contributed by atoms with van der Waals surface area (Å²) >= 11 is 6.11. The van der Waals surface area contributed by atoms with E-state index < -0.39 is 0 Å². The van der Waals surface area contributed by atoms with Crippen molar-refractivity contribution in [3.05, 3.63) is 34.3 Å². The van der Waals surface area contributed by atoms with Crippen LogP contribution in [0, 0.1) is 6.92 Å². The molecule has 0 saturated carbocycles. The fourth-order valence-electron chi connectivity index (χ4n) is 1.95. The monoisotopic (exact) mass is 208 g/mol. The maximum absolute atomic E-state index is 6.11. The molecular formula is C12H15ClN. The van der Waals surface area contributed by atoms with Gasteiger partial charge in [-0.05, 0) is 42.9 Å². The van der Waals surface area contributed by atoms with Crippen LogP contribution in [0.3, 0.4) is 0 Å². The molecule has 1 aliphatic rings. The van der Waals surface area contributed by atoms with Crippen LogP contribution >= 0.6 is 11.6 Å². The Morgan fingerprint density at radius 1 is 1.29 bits per heavy atom. The summed E-state index contributed by atoms with van der Waals surface area (Å²) in [5.41, 5.74) is 2.55. The van der Waals surface area contributed by atoms with Gasteiger partial charge in [-0.15, -0.1) is 0 Å². The summed E-state index contributed by atoms with van der Waals surface area (Å²) in [6.07, 6.45) is 2.36. The lowest BCUT2D eigenvalue weighted by molar-refractivity contribution is 0.453. The standard InChI is InChI=1S/C12H15ClN/c1-9-2-3-11(8-12(9)13)10-4-6-14-7-5-10/h2-3,8,10H,4-7H2,1H3. The van der Waals surface area contributed by atoms with Gasteiger partial charge in [0, 0.05) is 18.1 Å². The molecule has 0 bridgehead atoms. The van der Waals surface area contributed by atoms with E-state index in [1.807, 2.05) is 6.92 Å². The molecule has 1 aromatic carbocycles. The Kier molecular flexibility index (Phi) is 3.09. The molecule has 0 unspecified atom stereocenters. The normalized spacial score (nSPS) is 18.4. The maximum atomic E-state index is 6.11. The third-order valence-electron chi connectivity index (χ3n) is 2.94. The quantitative estimate of drug-likeness (QED) is 0.674. The molecule has 0 amide bonds. The first-order valence-electron chi connectivity index (χ1n) is 5.16. The Balaban J connectivity index is 2.18. The molecule has 2 rings (SSSR count). The van der Waals surface area contributed by atoms with Crippen LogP contribution in [0.4, 0.5) is 0 Å². The van der Waals surface area contributed by atoms with Crippen LogP contribution in [-0.2, 0) is 0 Å². The predicted molar refractivity (Wildman–Crippen MR) is 60.0 cm³/mol. The number of halogens is 1. The highest BCUT2D eigenvalue weighted by atomic mass is 35.5. The molecule has 0 N–H and O–H groups in total. The second-order valence-electron chi connectivity index (χ2n) is 3.95. The van der Waals surface area contributed by atoms with E-state index in [4.69, 9.17) is 11.6 Å². The number of hydrogen-bond donors (Lipinski definition) is 0.